The number of halogens is 2. The maximum absolute atomic E-state index is 2.20. The molecule has 0 saturated heterocycles. The average molecular weight is 406 g/mol. The van der Waals surface area contributed by atoms with Crippen LogP contribution in [0.3, 0.4) is 0 Å². The number of hydrogen-bond acceptors (Lipinski definition) is 0. The first-order chi connectivity index (χ1) is 10.6. The molecule has 0 saturated carbocycles. The van der Waals surface area contributed by atoms with Crippen molar-refractivity contribution in [1.29, 1.82) is 0 Å². The van der Waals surface area contributed by atoms with Crippen molar-refractivity contribution in [2.24, 2.45) is 0 Å². The molecule has 4 aromatic rings. The van der Waals surface area contributed by atoms with Gasteiger partial charge in [0.25, 0.3) is 0 Å². The van der Waals surface area contributed by atoms with E-state index in [4.69, 9.17) is 0 Å². The zero-order valence-corrected chi connectivity index (χ0v) is 17.7. The number of hydrogen-bond donors (Lipinski definition) is 0. The fraction of sp³-hybridized carbons (Fsp3) is 0.143. The second-order valence-corrected chi connectivity index (χ2v) is 5.76. The topological polar surface area (TPSA) is 4.93 Å². The van der Waals surface area contributed by atoms with Crippen molar-refractivity contribution < 1.29 is 46.5 Å². The van der Waals surface area contributed by atoms with Crippen molar-refractivity contribution in [2.45, 2.75) is 20.8 Å². The van der Waals surface area contributed by atoms with Gasteiger partial charge in [-0.05, 0) is 17.8 Å². The molecular weight excluding hydrogens is 385 g/mol. The zero-order chi connectivity index (χ0) is 15.5. The molecule has 0 spiro atoms. The van der Waals surface area contributed by atoms with Gasteiger partial charge in [0.1, 0.15) is 0 Å². The molecule has 0 bridgehead atoms. The first-order valence-corrected chi connectivity index (χ1v) is 7.63. The van der Waals surface area contributed by atoms with Crippen LogP contribution in [0.25, 0.3) is 16.5 Å². The molecule has 25 heavy (non-hydrogen) atoms. The first-order valence-electron chi connectivity index (χ1n) is 7.63. The summed E-state index contributed by atoms with van der Waals surface area (Å²) in [6.45, 7) is 6.44. The summed E-state index contributed by atoms with van der Waals surface area (Å²) in [6.07, 6.45) is 4.13. The van der Waals surface area contributed by atoms with Crippen LogP contribution in [0.2, 0.25) is 0 Å². The van der Waals surface area contributed by atoms with Crippen molar-refractivity contribution in [2.75, 3.05) is 0 Å². The van der Waals surface area contributed by atoms with Gasteiger partial charge in [-0.2, -0.15) is 22.8 Å². The van der Waals surface area contributed by atoms with Crippen LogP contribution in [-0.2, 0) is 21.7 Å². The van der Waals surface area contributed by atoms with Gasteiger partial charge in [-0.25, -0.2) is 6.07 Å². The predicted octanol–water partition coefficient (Wildman–Crippen LogP) is -0.314. The average Bonchev–Trinajstić information content (AvgIpc) is 3.24. The van der Waals surface area contributed by atoms with Crippen LogP contribution in [0.5, 0.6) is 0 Å². The van der Waals surface area contributed by atoms with E-state index in [1.54, 1.807) is 0 Å². The molecular formula is C21H21Cl2NTi. The Morgan fingerprint density at radius 3 is 2.04 bits per heavy atom. The molecule has 0 fully saturated rings. The summed E-state index contributed by atoms with van der Waals surface area (Å²) < 4.78 is 2.12. The summed E-state index contributed by atoms with van der Waals surface area (Å²) in [5.41, 5.74) is 5.48. The van der Waals surface area contributed by atoms with Gasteiger partial charge in [-0.15, -0.1) is 41.1 Å². The Morgan fingerprint density at radius 1 is 0.920 bits per heavy atom. The van der Waals surface area contributed by atoms with Crippen molar-refractivity contribution >= 4 is 10.8 Å². The molecule has 0 aliphatic carbocycles. The summed E-state index contributed by atoms with van der Waals surface area (Å²) in [5, 5.41) is 2.60. The number of aryl methyl sites for hydroxylation is 2. The Kier molecular flexibility index (Phi) is 10.1. The molecule has 0 N–H and O–H groups in total. The van der Waals surface area contributed by atoms with Crippen LogP contribution in [0.4, 0.5) is 0 Å². The van der Waals surface area contributed by atoms with E-state index in [0.717, 1.165) is 0 Å². The number of fused-ring (bicyclic) bond motifs is 1. The molecule has 0 amide bonds. The summed E-state index contributed by atoms with van der Waals surface area (Å²) in [4.78, 5) is 0. The van der Waals surface area contributed by atoms with Gasteiger partial charge in [-0.3, -0.25) is 0 Å². The molecule has 0 aliphatic rings. The second kappa shape index (κ2) is 10.7. The molecule has 1 heterocycles. The molecule has 0 atom stereocenters. The maximum atomic E-state index is 2.20. The molecule has 4 heteroatoms. The van der Waals surface area contributed by atoms with Crippen molar-refractivity contribution in [3.8, 4) is 5.69 Å². The Balaban J connectivity index is 0.000000462. The smallest absolute Gasteiger partial charge is 1.00 e. The number of benzene rings is 1. The third kappa shape index (κ3) is 5.62. The molecule has 1 aromatic heterocycles. The van der Waals surface area contributed by atoms with Gasteiger partial charge in [-0.1, -0.05) is 26.8 Å². The number of nitrogens with zero attached hydrogens (tertiary/aromatic N) is 1. The summed E-state index contributed by atoms with van der Waals surface area (Å²) in [7, 11) is 0. The van der Waals surface area contributed by atoms with E-state index in [-0.39, 0.29) is 46.5 Å². The minimum Gasteiger partial charge on any atom is -1.00 e. The Morgan fingerprint density at radius 2 is 1.56 bits per heavy atom. The van der Waals surface area contributed by atoms with Crippen molar-refractivity contribution in [1.82, 2.24) is 4.57 Å². The van der Waals surface area contributed by atoms with Crippen LogP contribution in [0.1, 0.15) is 16.7 Å². The van der Waals surface area contributed by atoms with E-state index >= 15 is 0 Å². The van der Waals surface area contributed by atoms with E-state index in [1.165, 1.54) is 33.2 Å². The largest absolute Gasteiger partial charge is 4.00 e. The minimum absolute atomic E-state index is 0. The fourth-order valence-corrected chi connectivity index (χ4v) is 2.60. The number of aromatic nitrogens is 1. The van der Waals surface area contributed by atoms with Gasteiger partial charge in [0, 0.05) is 12.4 Å². The summed E-state index contributed by atoms with van der Waals surface area (Å²) >= 11 is 0. The molecule has 0 radical (unpaired) electrons. The second-order valence-electron chi connectivity index (χ2n) is 5.76. The van der Waals surface area contributed by atoms with Gasteiger partial charge < -0.3 is 29.4 Å². The molecule has 3 aromatic carbocycles. The Labute approximate surface area is 177 Å². The van der Waals surface area contributed by atoms with Gasteiger partial charge in [0.15, 0.2) is 0 Å². The Hall–Kier alpha value is -1.25. The third-order valence-corrected chi connectivity index (χ3v) is 4.27. The summed E-state index contributed by atoms with van der Waals surface area (Å²) in [5.74, 6) is 0. The van der Waals surface area contributed by atoms with E-state index in [2.05, 4.69) is 86.3 Å². The van der Waals surface area contributed by atoms with Gasteiger partial charge in [0.2, 0.25) is 0 Å². The standard InChI is InChI=1S/C13H10N.C8H11.2ClH.Ti/c1-2-6-12-10-13(9-11(12)5-1)14-7-3-4-8-14;1-6-4-5-7(2)8(6)3;;;/h1-10H;4-5H,1-3H3;2*1H;/q2*-1;;;+4/p-2. The van der Waals surface area contributed by atoms with Crippen LogP contribution in [0, 0.1) is 20.8 Å². The molecule has 128 valence electrons. The number of rotatable bonds is 1. The maximum Gasteiger partial charge on any atom is 4.00 e. The van der Waals surface area contributed by atoms with Gasteiger partial charge in [0.05, 0.1) is 0 Å². The molecule has 1 nitrogen and oxygen atoms in total. The monoisotopic (exact) mass is 405 g/mol. The van der Waals surface area contributed by atoms with Gasteiger partial charge >= 0.3 is 21.7 Å². The Bertz CT molecular complexity index is 820. The van der Waals surface area contributed by atoms with Crippen LogP contribution in [-0.4, -0.2) is 4.57 Å². The van der Waals surface area contributed by atoms with Crippen LogP contribution >= 0.6 is 0 Å². The third-order valence-electron chi connectivity index (χ3n) is 4.27. The van der Waals surface area contributed by atoms with E-state index in [9.17, 15) is 0 Å². The van der Waals surface area contributed by atoms with Crippen LogP contribution in [0.15, 0.2) is 73.1 Å². The molecule has 0 aliphatic heterocycles. The molecule has 0 unspecified atom stereocenters. The van der Waals surface area contributed by atoms with E-state index in [1.807, 2.05) is 12.1 Å². The van der Waals surface area contributed by atoms with Crippen LogP contribution < -0.4 is 24.8 Å². The predicted molar refractivity (Wildman–Crippen MR) is 95.1 cm³/mol. The fourth-order valence-electron chi connectivity index (χ4n) is 2.60. The molecule has 4 rings (SSSR count). The van der Waals surface area contributed by atoms with Crippen molar-refractivity contribution in [3.63, 3.8) is 0 Å². The zero-order valence-electron chi connectivity index (χ0n) is 14.6. The minimum atomic E-state index is 0. The van der Waals surface area contributed by atoms with E-state index in [0.29, 0.717) is 0 Å². The van der Waals surface area contributed by atoms with E-state index < -0.39 is 0 Å². The first kappa shape index (κ1) is 23.8. The normalized spacial score (nSPS) is 9.24. The SMILES string of the molecule is Cc1cc[c-](C)c1C.[Cl-].[Cl-].[Ti+4].c1ccc2[cH-]c(-n3cccc3)cc2c1. The van der Waals surface area contributed by atoms with Crippen molar-refractivity contribution in [3.05, 3.63) is 89.7 Å². The summed E-state index contributed by atoms with van der Waals surface area (Å²) in [6, 6.07) is 21.2. The quantitative estimate of drug-likeness (QED) is 0.302.